The number of nitrogens with one attached hydrogen (secondary N) is 1. The number of amides is 1. The van der Waals surface area contributed by atoms with Gasteiger partial charge in [-0.15, -0.1) is 11.6 Å². The van der Waals surface area contributed by atoms with E-state index < -0.39 is 0 Å². The molecule has 2 aromatic carbocycles. The fourth-order valence-electron chi connectivity index (χ4n) is 3.29. The standard InChI is InChI=1S/C19H21ClN2O/c20-11-19(23)21-18-14-22(12-15-7-3-1-4-8-15)13-17(18)16-9-5-2-6-10-16/h1-10,17-18H,11-14H2,(H,21,23)/t17-,18+/m0/s1. The van der Waals surface area contributed by atoms with Crippen molar-refractivity contribution in [3.63, 3.8) is 0 Å². The maximum atomic E-state index is 11.7. The third-order valence-electron chi connectivity index (χ3n) is 4.34. The Morgan fingerprint density at radius 2 is 1.70 bits per heavy atom. The van der Waals surface area contributed by atoms with E-state index in [0.717, 1.165) is 19.6 Å². The van der Waals surface area contributed by atoms with Crippen LogP contribution in [0.3, 0.4) is 0 Å². The van der Waals surface area contributed by atoms with Gasteiger partial charge in [0.05, 0.1) is 0 Å². The van der Waals surface area contributed by atoms with Crippen LogP contribution in [0, 0.1) is 0 Å². The maximum Gasteiger partial charge on any atom is 0.235 e. The van der Waals surface area contributed by atoms with Crippen molar-refractivity contribution in [3.05, 3.63) is 71.8 Å². The first-order valence-corrected chi connectivity index (χ1v) is 8.46. The third-order valence-corrected chi connectivity index (χ3v) is 4.58. The van der Waals surface area contributed by atoms with E-state index >= 15 is 0 Å². The van der Waals surface area contributed by atoms with Crippen LogP contribution in [0.25, 0.3) is 0 Å². The maximum absolute atomic E-state index is 11.7. The Kier molecular flexibility index (Phi) is 5.31. The summed E-state index contributed by atoms with van der Waals surface area (Å²) in [5, 5.41) is 3.08. The molecule has 1 saturated heterocycles. The summed E-state index contributed by atoms with van der Waals surface area (Å²) in [6.07, 6.45) is 0. The van der Waals surface area contributed by atoms with E-state index in [1.807, 2.05) is 12.1 Å². The van der Waals surface area contributed by atoms with Gasteiger partial charge in [-0.2, -0.15) is 0 Å². The summed E-state index contributed by atoms with van der Waals surface area (Å²) in [6, 6.07) is 20.9. The van der Waals surface area contributed by atoms with Gasteiger partial charge >= 0.3 is 0 Å². The van der Waals surface area contributed by atoms with Gasteiger partial charge in [-0.05, 0) is 11.1 Å². The van der Waals surface area contributed by atoms with E-state index in [4.69, 9.17) is 11.6 Å². The highest BCUT2D eigenvalue weighted by atomic mass is 35.5. The number of hydrogen-bond acceptors (Lipinski definition) is 2. The molecule has 0 unspecified atom stereocenters. The molecule has 1 amide bonds. The summed E-state index contributed by atoms with van der Waals surface area (Å²) in [5.74, 6) is 0.211. The van der Waals surface area contributed by atoms with Crippen molar-refractivity contribution >= 4 is 17.5 Å². The molecule has 23 heavy (non-hydrogen) atoms. The molecular formula is C19H21ClN2O. The lowest BCUT2D eigenvalue weighted by Gasteiger charge is -2.19. The molecular weight excluding hydrogens is 308 g/mol. The summed E-state index contributed by atoms with van der Waals surface area (Å²) in [5.41, 5.74) is 2.56. The minimum absolute atomic E-state index is 0.0106. The van der Waals surface area contributed by atoms with Gasteiger partial charge < -0.3 is 5.32 Å². The summed E-state index contributed by atoms with van der Waals surface area (Å²) in [7, 11) is 0. The lowest BCUT2D eigenvalue weighted by Crippen LogP contribution is -2.40. The Morgan fingerprint density at radius 1 is 1.04 bits per heavy atom. The van der Waals surface area contributed by atoms with Crippen LogP contribution < -0.4 is 5.32 Å². The minimum atomic E-state index is -0.0980. The second-order valence-electron chi connectivity index (χ2n) is 6.00. The van der Waals surface area contributed by atoms with E-state index in [2.05, 4.69) is 58.7 Å². The van der Waals surface area contributed by atoms with Gasteiger partial charge in [0.25, 0.3) is 0 Å². The van der Waals surface area contributed by atoms with Gasteiger partial charge in [-0.1, -0.05) is 60.7 Å². The molecule has 1 aliphatic rings. The Labute approximate surface area is 142 Å². The van der Waals surface area contributed by atoms with Crippen LogP contribution in [-0.2, 0) is 11.3 Å². The molecule has 0 aliphatic carbocycles. The van der Waals surface area contributed by atoms with Crippen molar-refractivity contribution < 1.29 is 4.79 Å². The molecule has 2 aromatic rings. The van der Waals surface area contributed by atoms with Crippen molar-refractivity contribution in [1.29, 1.82) is 0 Å². The van der Waals surface area contributed by atoms with E-state index in [0.29, 0.717) is 5.92 Å². The largest absolute Gasteiger partial charge is 0.350 e. The van der Waals surface area contributed by atoms with Crippen molar-refractivity contribution in [1.82, 2.24) is 10.2 Å². The lowest BCUT2D eigenvalue weighted by atomic mass is 9.94. The number of carbonyl (C=O) groups is 1. The molecule has 2 atom stereocenters. The topological polar surface area (TPSA) is 32.3 Å². The Morgan fingerprint density at radius 3 is 2.35 bits per heavy atom. The Bertz CT molecular complexity index is 632. The van der Waals surface area contributed by atoms with Crippen LogP contribution in [0.4, 0.5) is 0 Å². The number of alkyl halides is 1. The molecule has 4 heteroatoms. The van der Waals surface area contributed by atoms with Gasteiger partial charge in [0.15, 0.2) is 0 Å². The molecule has 1 N–H and O–H groups in total. The highest BCUT2D eigenvalue weighted by Crippen LogP contribution is 2.28. The normalized spacial score (nSPS) is 21.3. The first kappa shape index (κ1) is 16.0. The predicted molar refractivity (Wildman–Crippen MR) is 93.6 cm³/mol. The smallest absolute Gasteiger partial charge is 0.235 e. The van der Waals surface area contributed by atoms with Crippen LogP contribution in [0.15, 0.2) is 60.7 Å². The average Bonchev–Trinajstić information content (AvgIpc) is 2.98. The zero-order valence-electron chi connectivity index (χ0n) is 13.0. The predicted octanol–water partition coefficient (Wildman–Crippen LogP) is 3.01. The van der Waals surface area contributed by atoms with Gasteiger partial charge in [-0.25, -0.2) is 0 Å². The van der Waals surface area contributed by atoms with Crippen LogP contribution in [-0.4, -0.2) is 35.8 Å². The molecule has 0 radical (unpaired) electrons. The van der Waals surface area contributed by atoms with Crippen molar-refractivity contribution in [2.45, 2.75) is 18.5 Å². The van der Waals surface area contributed by atoms with Crippen LogP contribution in [0.1, 0.15) is 17.0 Å². The number of halogens is 1. The van der Waals surface area contributed by atoms with Crippen LogP contribution >= 0.6 is 11.6 Å². The highest BCUT2D eigenvalue weighted by molar-refractivity contribution is 6.27. The van der Waals surface area contributed by atoms with E-state index in [1.54, 1.807) is 0 Å². The zero-order valence-corrected chi connectivity index (χ0v) is 13.7. The van der Waals surface area contributed by atoms with Crippen LogP contribution in [0.2, 0.25) is 0 Å². The average molecular weight is 329 g/mol. The highest BCUT2D eigenvalue weighted by Gasteiger charge is 2.34. The van der Waals surface area contributed by atoms with Gasteiger partial charge in [0, 0.05) is 31.6 Å². The second kappa shape index (κ2) is 7.62. The second-order valence-corrected chi connectivity index (χ2v) is 6.27. The molecule has 120 valence electrons. The third kappa shape index (κ3) is 4.12. The quantitative estimate of drug-likeness (QED) is 0.856. The number of carbonyl (C=O) groups excluding carboxylic acids is 1. The minimum Gasteiger partial charge on any atom is -0.350 e. The molecule has 0 aromatic heterocycles. The molecule has 0 saturated carbocycles. The summed E-state index contributed by atoms with van der Waals surface area (Å²) in [4.78, 5) is 14.1. The molecule has 1 aliphatic heterocycles. The number of nitrogens with zero attached hydrogens (tertiary/aromatic N) is 1. The van der Waals surface area contributed by atoms with Gasteiger partial charge in [-0.3, -0.25) is 9.69 Å². The van der Waals surface area contributed by atoms with E-state index in [9.17, 15) is 4.79 Å². The first-order chi connectivity index (χ1) is 11.3. The first-order valence-electron chi connectivity index (χ1n) is 7.93. The van der Waals surface area contributed by atoms with Crippen LogP contribution in [0.5, 0.6) is 0 Å². The van der Waals surface area contributed by atoms with Crippen molar-refractivity contribution in [2.24, 2.45) is 0 Å². The molecule has 1 fully saturated rings. The van der Waals surface area contributed by atoms with Gasteiger partial charge in [0.1, 0.15) is 5.88 Å². The Balaban J connectivity index is 1.74. The van der Waals surface area contributed by atoms with E-state index in [-0.39, 0.29) is 17.8 Å². The summed E-state index contributed by atoms with van der Waals surface area (Å²) >= 11 is 5.66. The molecule has 3 rings (SSSR count). The Hall–Kier alpha value is -1.84. The van der Waals surface area contributed by atoms with Crippen molar-refractivity contribution in [2.75, 3.05) is 19.0 Å². The molecule has 0 bridgehead atoms. The molecule has 0 spiro atoms. The lowest BCUT2D eigenvalue weighted by molar-refractivity contribution is -0.119. The monoisotopic (exact) mass is 328 g/mol. The zero-order chi connectivity index (χ0) is 16.1. The summed E-state index contributed by atoms with van der Waals surface area (Å²) in [6.45, 7) is 2.68. The number of benzene rings is 2. The molecule has 1 heterocycles. The number of rotatable bonds is 5. The van der Waals surface area contributed by atoms with Gasteiger partial charge in [0.2, 0.25) is 5.91 Å². The fourth-order valence-corrected chi connectivity index (χ4v) is 3.36. The number of hydrogen-bond donors (Lipinski definition) is 1. The SMILES string of the molecule is O=C(CCl)N[C@@H]1CN(Cc2ccccc2)C[C@H]1c1ccccc1. The fraction of sp³-hybridized carbons (Fsp3) is 0.316. The molecule has 3 nitrogen and oxygen atoms in total. The van der Waals surface area contributed by atoms with Crippen molar-refractivity contribution in [3.8, 4) is 0 Å². The van der Waals surface area contributed by atoms with E-state index in [1.165, 1.54) is 11.1 Å². The summed E-state index contributed by atoms with van der Waals surface area (Å²) < 4.78 is 0. The number of likely N-dealkylation sites (tertiary alicyclic amines) is 1.